The summed E-state index contributed by atoms with van der Waals surface area (Å²) < 4.78 is 11.1. The molecule has 2 N–H and O–H groups in total. The lowest BCUT2D eigenvalue weighted by molar-refractivity contribution is -0.125. The molecule has 0 heterocycles. The molecule has 2 amide bonds. The molecule has 0 aromatic heterocycles. The fraction of sp³-hybridized carbons (Fsp3) is 0.407. The van der Waals surface area contributed by atoms with E-state index in [0.717, 1.165) is 31.2 Å². The van der Waals surface area contributed by atoms with Crippen LogP contribution in [0.2, 0.25) is 5.02 Å². The SMILES string of the molecule is CS(C)(C)C#Cc1ccc(OCC(=O)N[C@H]2CC[C@H](NC(=O)COc3ccc(Cl)cc3)CC2)cc1. The predicted molar refractivity (Wildman–Crippen MR) is 143 cm³/mol. The zero-order valence-corrected chi connectivity index (χ0v) is 22.0. The zero-order chi connectivity index (χ0) is 25.3. The average Bonchev–Trinajstić information content (AvgIpc) is 2.82. The molecule has 188 valence electrons. The van der Waals surface area contributed by atoms with Crippen molar-refractivity contribution >= 4 is 33.4 Å². The van der Waals surface area contributed by atoms with Gasteiger partial charge in [-0.05, 0) is 98.2 Å². The molecule has 1 fully saturated rings. The number of carbonyl (C=O) groups excluding carboxylic acids is 2. The molecule has 2 aromatic rings. The van der Waals surface area contributed by atoms with Gasteiger partial charge in [0.1, 0.15) is 11.5 Å². The Morgan fingerprint density at radius 2 is 1.26 bits per heavy atom. The first-order valence-electron chi connectivity index (χ1n) is 11.6. The minimum absolute atomic E-state index is 0.0319. The summed E-state index contributed by atoms with van der Waals surface area (Å²) in [6, 6.07) is 14.5. The number of carbonyl (C=O) groups is 2. The van der Waals surface area contributed by atoms with Gasteiger partial charge in [0.25, 0.3) is 11.8 Å². The third-order valence-corrected chi connectivity index (χ3v) is 6.33. The standard InChI is InChI=1S/C27H33ClN2O4S/c1-35(2,3)17-16-20-4-12-24(13-5-20)33-18-26(31)29-22-8-10-23(11-9-22)30-27(32)19-34-25-14-6-21(28)7-15-25/h4-7,12-15,22-23H,8-11,18-19H2,1-3H3,(H,29,31)(H,30,32)/t22-,23-. The highest BCUT2D eigenvalue weighted by Gasteiger charge is 2.23. The van der Waals surface area contributed by atoms with Crippen molar-refractivity contribution in [3.8, 4) is 22.7 Å². The van der Waals surface area contributed by atoms with E-state index in [-0.39, 0.29) is 37.1 Å². The number of hydrogen-bond acceptors (Lipinski definition) is 4. The van der Waals surface area contributed by atoms with Crippen molar-refractivity contribution in [1.29, 1.82) is 0 Å². The van der Waals surface area contributed by atoms with Crippen LogP contribution in [0.3, 0.4) is 0 Å². The maximum atomic E-state index is 12.3. The summed E-state index contributed by atoms with van der Waals surface area (Å²) in [6.45, 7) is -0.0727. The first kappa shape index (κ1) is 26.8. The van der Waals surface area contributed by atoms with Gasteiger partial charge in [-0.15, -0.1) is 0 Å². The van der Waals surface area contributed by atoms with Gasteiger partial charge in [0.15, 0.2) is 13.2 Å². The van der Waals surface area contributed by atoms with E-state index in [2.05, 4.69) is 40.6 Å². The number of rotatable bonds is 8. The Bertz CT molecular complexity index is 1050. The molecule has 0 atom stereocenters. The molecule has 0 spiro atoms. The number of halogens is 1. The molecular weight excluding hydrogens is 484 g/mol. The van der Waals surface area contributed by atoms with Crippen LogP contribution < -0.4 is 20.1 Å². The van der Waals surface area contributed by atoms with Gasteiger partial charge in [0.2, 0.25) is 0 Å². The Morgan fingerprint density at radius 3 is 1.69 bits per heavy atom. The van der Waals surface area contributed by atoms with Crippen LogP contribution in [0.1, 0.15) is 31.2 Å². The summed E-state index contributed by atoms with van der Waals surface area (Å²) in [7, 11) is -0.867. The van der Waals surface area contributed by atoms with Crippen LogP contribution in [-0.4, -0.2) is 55.9 Å². The number of nitrogens with one attached hydrogen (secondary N) is 2. The molecule has 1 saturated carbocycles. The average molecular weight is 517 g/mol. The highest BCUT2D eigenvalue weighted by Crippen LogP contribution is 2.32. The van der Waals surface area contributed by atoms with E-state index in [1.165, 1.54) is 0 Å². The highest BCUT2D eigenvalue weighted by atomic mass is 35.5. The lowest BCUT2D eigenvalue weighted by atomic mass is 9.91. The smallest absolute Gasteiger partial charge is 0.258 e. The van der Waals surface area contributed by atoms with Crippen LogP contribution in [0.15, 0.2) is 48.5 Å². The third-order valence-electron chi connectivity index (χ3n) is 5.37. The Kier molecular flexibility index (Phi) is 9.76. The number of ether oxygens (including phenoxy) is 2. The van der Waals surface area contributed by atoms with Crippen LogP contribution in [0.4, 0.5) is 0 Å². The quantitative estimate of drug-likeness (QED) is 0.512. The monoisotopic (exact) mass is 516 g/mol. The van der Waals surface area contributed by atoms with E-state index in [1.807, 2.05) is 24.3 Å². The molecule has 35 heavy (non-hydrogen) atoms. The number of amides is 2. The van der Waals surface area contributed by atoms with Gasteiger partial charge in [-0.1, -0.05) is 17.5 Å². The summed E-state index contributed by atoms with van der Waals surface area (Å²) in [4.78, 5) is 24.5. The minimum Gasteiger partial charge on any atom is -0.484 e. The third kappa shape index (κ3) is 10.1. The van der Waals surface area contributed by atoms with Crippen LogP contribution >= 0.6 is 21.6 Å². The van der Waals surface area contributed by atoms with Crippen molar-refractivity contribution in [1.82, 2.24) is 10.6 Å². The van der Waals surface area contributed by atoms with E-state index in [4.69, 9.17) is 21.1 Å². The second kappa shape index (κ2) is 12.8. The van der Waals surface area contributed by atoms with Crippen molar-refractivity contribution < 1.29 is 19.1 Å². The van der Waals surface area contributed by atoms with Crippen LogP contribution in [0, 0.1) is 11.2 Å². The van der Waals surface area contributed by atoms with Crippen LogP contribution in [0.25, 0.3) is 0 Å². The molecule has 0 saturated heterocycles. The summed E-state index contributed by atoms with van der Waals surface area (Å²) in [5, 5.41) is 9.93. The fourth-order valence-corrected chi connectivity index (χ4v) is 4.15. The van der Waals surface area contributed by atoms with E-state index in [1.54, 1.807) is 24.3 Å². The second-order valence-electron chi connectivity index (χ2n) is 9.30. The molecule has 3 rings (SSSR count). The fourth-order valence-electron chi connectivity index (χ4n) is 3.60. The van der Waals surface area contributed by atoms with Gasteiger partial charge in [-0.25, -0.2) is 0 Å². The highest BCUT2D eigenvalue weighted by molar-refractivity contribution is 8.35. The van der Waals surface area contributed by atoms with Crippen LogP contribution in [0.5, 0.6) is 11.5 Å². The topological polar surface area (TPSA) is 76.7 Å². The second-order valence-corrected chi connectivity index (χ2v) is 13.6. The van der Waals surface area contributed by atoms with Gasteiger partial charge >= 0.3 is 0 Å². The lowest BCUT2D eigenvalue weighted by Crippen LogP contribution is -2.45. The van der Waals surface area contributed by atoms with Crippen molar-refractivity contribution in [2.45, 2.75) is 37.8 Å². The van der Waals surface area contributed by atoms with Gasteiger partial charge in [-0.2, -0.15) is 10.0 Å². The molecule has 0 bridgehead atoms. The largest absolute Gasteiger partial charge is 0.484 e. The van der Waals surface area contributed by atoms with Gasteiger partial charge < -0.3 is 20.1 Å². The van der Waals surface area contributed by atoms with Gasteiger partial charge in [0, 0.05) is 22.7 Å². The first-order chi connectivity index (χ1) is 16.7. The lowest BCUT2D eigenvalue weighted by Gasteiger charge is -2.29. The molecule has 0 radical (unpaired) electrons. The Hall–Kier alpha value is -2.82. The molecule has 1 aliphatic carbocycles. The molecule has 2 aromatic carbocycles. The molecule has 6 nitrogen and oxygen atoms in total. The number of benzene rings is 2. The van der Waals surface area contributed by atoms with Crippen LogP contribution in [-0.2, 0) is 9.59 Å². The van der Waals surface area contributed by atoms with Crippen molar-refractivity contribution in [2.24, 2.45) is 0 Å². The molecule has 0 aliphatic heterocycles. The van der Waals surface area contributed by atoms with E-state index in [9.17, 15) is 9.59 Å². The molecule has 0 unspecified atom stereocenters. The Balaban J connectivity index is 1.32. The minimum atomic E-state index is -0.867. The molecule has 1 aliphatic rings. The Labute approximate surface area is 214 Å². The van der Waals surface area contributed by atoms with E-state index < -0.39 is 10.0 Å². The Morgan fingerprint density at radius 1 is 0.829 bits per heavy atom. The van der Waals surface area contributed by atoms with Gasteiger partial charge in [0.05, 0.1) is 0 Å². The van der Waals surface area contributed by atoms with E-state index in [0.29, 0.717) is 16.5 Å². The molecular formula is C27H33ClN2O4S. The maximum absolute atomic E-state index is 12.3. The normalized spacial score (nSPS) is 17.9. The van der Waals surface area contributed by atoms with Crippen molar-refractivity contribution in [3.63, 3.8) is 0 Å². The summed E-state index contributed by atoms with van der Waals surface area (Å²) in [5.74, 6) is 4.12. The number of hydrogen-bond donors (Lipinski definition) is 2. The summed E-state index contributed by atoms with van der Waals surface area (Å²) in [6.07, 6.45) is 9.66. The summed E-state index contributed by atoms with van der Waals surface area (Å²) >= 11 is 5.85. The van der Waals surface area contributed by atoms with Crippen molar-refractivity contribution in [3.05, 3.63) is 59.1 Å². The first-order valence-corrected chi connectivity index (χ1v) is 14.8. The van der Waals surface area contributed by atoms with E-state index >= 15 is 0 Å². The zero-order valence-electron chi connectivity index (χ0n) is 20.4. The van der Waals surface area contributed by atoms with Crippen molar-refractivity contribution in [2.75, 3.05) is 32.0 Å². The maximum Gasteiger partial charge on any atom is 0.258 e. The predicted octanol–water partition coefficient (Wildman–Crippen LogP) is 4.34. The molecule has 8 heteroatoms. The summed E-state index contributed by atoms with van der Waals surface area (Å²) in [5.41, 5.74) is 0.935. The van der Waals surface area contributed by atoms with Gasteiger partial charge in [-0.3, -0.25) is 9.59 Å².